The highest BCUT2D eigenvalue weighted by atomic mass is 17.2. The predicted octanol–water partition coefficient (Wildman–Crippen LogP) is 3.02. The molecule has 1 saturated carbocycles. The summed E-state index contributed by atoms with van der Waals surface area (Å²) in [6.45, 7) is 3.03. The van der Waals surface area contributed by atoms with Crippen molar-refractivity contribution >= 4 is 28.3 Å². The van der Waals surface area contributed by atoms with Gasteiger partial charge in [-0.25, -0.2) is 9.78 Å². The first-order valence-electron chi connectivity index (χ1n) is 20.5. The van der Waals surface area contributed by atoms with Crippen LogP contribution in [0.25, 0.3) is 11.0 Å². The van der Waals surface area contributed by atoms with Crippen LogP contribution in [0.5, 0.6) is 11.5 Å². The lowest BCUT2D eigenvalue weighted by molar-refractivity contribution is -0.371. The lowest BCUT2D eigenvalue weighted by atomic mass is 9.65. The number of aryl methyl sites for hydroxylation is 1. The minimum absolute atomic E-state index is 0.0177. The van der Waals surface area contributed by atoms with Crippen molar-refractivity contribution in [1.82, 2.24) is 5.32 Å². The van der Waals surface area contributed by atoms with Crippen LogP contribution in [0.4, 0.5) is 5.69 Å². The van der Waals surface area contributed by atoms with Gasteiger partial charge >= 0.3 is 0 Å². The number of amides is 1. The fraction of sp³-hybridized carbons (Fsp3) is 0.523. The molecule has 5 heterocycles. The number of carbonyl (C=O) groups excluding carboxylic acids is 1. The summed E-state index contributed by atoms with van der Waals surface area (Å²) < 4.78 is 13.4. The quantitative estimate of drug-likeness (QED) is 0.0920. The van der Waals surface area contributed by atoms with Crippen molar-refractivity contribution in [3.63, 3.8) is 0 Å². The summed E-state index contributed by atoms with van der Waals surface area (Å²) in [5.74, 6) is 1.07. The van der Waals surface area contributed by atoms with Crippen LogP contribution < -0.4 is 20.4 Å². The fourth-order valence-electron chi connectivity index (χ4n) is 9.65. The smallest absolute Gasteiger partial charge is 0.226 e. The number of nitrogens with one attached hydrogen (secondary N) is 1. The minimum atomic E-state index is -2.27. The largest absolute Gasteiger partial charge is 0.508 e. The van der Waals surface area contributed by atoms with Crippen molar-refractivity contribution in [2.24, 2.45) is 16.3 Å². The number of phenolic OH excluding ortho intramolecular Hbond substituents is 1. The third-order valence-electron chi connectivity index (χ3n) is 13.2. The van der Waals surface area contributed by atoms with E-state index in [-0.39, 0.29) is 35.8 Å². The number of ether oxygens (including phenoxy) is 1. The Hall–Kier alpha value is -4.61. The van der Waals surface area contributed by atoms with Gasteiger partial charge in [-0.15, -0.1) is 0 Å². The highest BCUT2D eigenvalue weighted by Gasteiger charge is 2.53. The number of aliphatic hydroxyl groups is 5. The molecular formula is C44H53N3O12. The monoisotopic (exact) mass is 815 g/mol. The van der Waals surface area contributed by atoms with Gasteiger partial charge in [0.2, 0.25) is 5.91 Å². The zero-order chi connectivity index (χ0) is 41.7. The molecule has 8 rings (SSSR count). The number of aliphatic hydroxyl groups excluding tert-OH is 4. The lowest BCUT2D eigenvalue weighted by Crippen LogP contribution is -2.58. The molecule has 1 aliphatic carbocycles. The normalized spacial score (nSPS) is 25.8. The molecule has 7 atom stereocenters. The van der Waals surface area contributed by atoms with Crippen molar-refractivity contribution in [2.75, 3.05) is 31.2 Å². The van der Waals surface area contributed by atoms with E-state index in [1.165, 1.54) is 30.3 Å². The van der Waals surface area contributed by atoms with E-state index in [0.29, 0.717) is 65.2 Å². The topological polar surface area (TPSA) is 224 Å². The molecule has 1 saturated heterocycles. The Morgan fingerprint density at radius 1 is 1.10 bits per heavy atom. The molecule has 4 aliphatic heterocycles. The molecule has 59 heavy (non-hydrogen) atoms. The second-order valence-electron chi connectivity index (χ2n) is 17.2. The number of hydrogen-bond acceptors (Lipinski definition) is 14. The van der Waals surface area contributed by atoms with Crippen molar-refractivity contribution in [1.29, 1.82) is 0 Å². The summed E-state index contributed by atoms with van der Waals surface area (Å²) >= 11 is 0. The first-order valence-corrected chi connectivity index (χ1v) is 20.5. The number of fused-ring (bicyclic) bond motifs is 3. The average Bonchev–Trinajstić information content (AvgIpc) is 3.91. The minimum Gasteiger partial charge on any atom is -0.508 e. The first kappa shape index (κ1) is 41.1. The first-order chi connectivity index (χ1) is 28.2. The van der Waals surface area contributed by atoms with Gasteiger partial charge in [0.1, 0.15) is 59.4 Å². The Kier molecular flexibility index (Phi) is 11.2. The second-order valence-corrected chi connectivity index (χ2v) is 17.2. The fourth-order valence-corrected chi connectivity index (χ4v) is 9.65. The highest BCUT2D eigenvalue weighted by molar-refractivity contribution is 6.12. The molecule has 2 aromatic carbocycles. The van der Waals surface area contributed by atoms with E-state index in [2.05, 4.69) is 10.3 Å². The van der Waals surface area contributed by atoms with Crippen LogP contribution in [-0.4, -0.2) is 104 Å². The Morgan fingerprint density at radius 2 is 1.86 bits per heavy atom. The Bertz CT molecular complexity index is 2230. The third-order valence-corrected chi connectivity index (χ3v) is 13.2. The molecule has 3 aromatic rings. The van der Waals surface area contributed by atoms with Gasteiger partial charge in [0.05, 0.1) is 29.7 Å². The Labute approximate surface area is 341 Å². The molecule has 2 fully saturated rings. The number of aliphatic imine (C=N–C) groups is 1. The Morgan fingerprint density at radius 3 is 2.59 bits per heavy atom. The maximum absolute atomic E-state index is 13.5. The van der Waals surface area contributed by atoms with Crippen LogP contribution in [0.2, 0.25) is 0 Å². The van der Waals surface area contributed by atoms with Gasteiger partial charge < -0.3 is 50.0 Å². The number of benzene rings is 2. The molecule has 5 aliphatic rings. The van der Waals surface area contributed by atoms with E-state index < -0.39 is 54.2 Å². The van der Waals surface area contributed by atoms with Crippen LogP contribution in [0.3, 0.4) is 0 Å². The number of allylic oxidation sites excluding steroid dienone is 1. The van der Waals surface area contributed by atoms with Gasteiger partial charge in [0, 0.05) is 49.0 Å². The molecular weight excluding hydrogens is 762 g/mol. The number of phenols is 1. The van der Waals surface area contributed by atoms with Crippen molar-refractivity contribution in [2.45, 2.75) is 107 Å². The van der Waals surface area contributed by atoms with E-state index in [4.69, 9.17) is 18.9 Å². The summed E-state index contributed by atoms with van der Waals surface area (Å²) in [4.78, 5) is 45.5. The number of aromatic hydroxyl groups is 1. The number of nitrogens with zero attached hydrogens (tertiary/aromatic N) is 2. The van der Waals surface area contributed by atoms with Gasteiger partial charge in [-0.2, -0.15) is 0 Å². The number of hydrogen-bond donors (Lipinski definition) is 7. The summed E-state index contributed by atoms with van der Waals surface area (Å²) in [6.07, 6.45) is 4.66. The summed E-state index contributed by atoms with van der Waals surface area (Å²) in [5, 5.41) is 66.9. The molecule has 7 unspecified atom stereocenters. The molecule has 15 nitrogen and oxygen atoms in total. The third kappa shape index (κ3) is 7.69. The van der Waals surface area contributed by atoms with E-state index >= 15 is 0 Å². The van der Waals surface area contributed by atoms with Crippen LogP contribution in [-0.2, 0) is 27.4 Å². The Balaban J connectivity index is 1.15. The zero-order valence-electron chi connectivity index (χ0n) is 33.3. The van der Waals surface area contributed by atoms with Gasteiger partial charge in [0.25, 0.3) is 0 Å². The highest BCUT2D eigenvalue weighted by Crippen LogP contribution is 2.51. The number of anilines is 1. The molecule has 0 bridgehead atoms. The maximum Gasteiger partial charge on any atom is 0.226 e. The van der Waals surface area contributed by atoms with E-state index in [1.54, 1.807) is 19.2 Å². The van der Waals surface area contributed by atoms with Crippen LogP contribution in [0, 0.1) is 18.3 Å². The molecule has 1 amide bonds. The molecule has 1 aromatic heterocycles. The van der Waals surface area contributed by atoms with Crippen LogP contribution in [0.1, 0.15) is 68.8 Å². The van der Waals surface area contributed by atoms with E-state index in [1.807, 2.05) is 24.1 Å². The van der Waals surface area contributed by atoms with Crippen molar-refractivity contribution in [3.05, 3.63) is 87.6 Å². The van der Waals surface area contributed by atoms with Gasteiger partial charge in [-0.3, -0.25) is 14.6 Å². The summed E-state index contributed by atoms with van der Waals surface area (Å²) in [6, 6.07) is 9.04. The maximum atomic E-state index is 13.5. The second kappa shape index (κ2) is 16.1. The van der Waals surface area contributed by atoms with Gasteiger partial charge in [-0.05, 0) is 75.3 Å². The van der Waals surface area contributed by atoms with Gasteiger partial charge in [-0.1, -0.05) is 31.4 Å². The average molecular weight is 816 g/mol. The number of carbonyl (C=O) groups is 1. The lowest BCUT2D eigenvalue weighted by Gasteiger charge is -2.44. The molecule has 316 valence electrons. The molecule has 15 heteroatoms. The van der Waals surface area contributed by atoms with Gasteiger partial charge in [0.15, 0.2) is 16.8 Å². The van der Waals surface area contributed by atoms with E-state index in [9.17, 15) is 40.2 Å². The predicted molar refractivity (Wildman–Crippen MR) is 216 cm³/mol. The zero-order valence-corrected chi connectivity index (χ0v) is 33.3. The molecule has 0 radical (unpaired) electrons. The molecule has 1 spiro atoms. The molecule has 7 N–H and O–H groups in total. The van der Waals surface area contributed by atoms with Crippen LogP contribution in [0.15, 0.2) is 74.7 Å². The van der Waals surface area contributed by atoms with Crippen molar-refractivity contribution in [3.8, 4) is 11.5 Å². The number of rotatable bonds is 14. The van der Waals surface area contributed by atoms with Crippen molar-refractivity contribution < 1.29 is 54.4 Å². The van der Waals surface area contributed by atoms with Crippen LogP contribution >= 0.6 is 0 Å². The summed E-state index contributed by atoms with van der Waals surface area (Å²) in [5.41, 5.74) is -0.210. The summed E-state index contributed by atoms with van der Waals surface area (Å²) in [7, 11) is 0. The SMILES string of the molecule is Cc1cc(=O)c2cc3c(c(N4C=C5C=CN=C5C4)c2o1)OC(C)(CCC1CNC(=O)C12CCCCC2)C(OOCC(O)(Cc1ccc(O)cc1)C(O)C(O)C(O)CO)C3. The standard InChI is InChI=1S/C44H53N3O12/c1-25-16-33(50)31-17-28-18-35(59-56-24-44(55,40(53)37(52)34(51)23-48)19-26-6-8-30(49)9-7-26)42(2,14-10-29-20-46-41(54)43(29)12-4-3-5-13-43)58-38(28)36(39(31)57-25)47-21-27-11-15-45-32(27)22-47/h6-9,11,15-17,21,29,34-35,37,40,48-49,51-53,55H,3-5,10,12-14,18-20,22-24H2,1-2H3,(H,46,54). The van der Waals surface area contributed by atoms with E-state index in [0.717, 1.165) is 43.4 Å².